The largest absolute Gasteiger partial charge is 0.314 e. The average molecular weight is 223 g/mol. The second-order valence-electron chi connectivity index (χ2n) is 4.19. The van der Waals surface area contributed by atoms with E-state index in [1.165, 1.54) is 6.07 Å². The molecular formula is C14H22FN. The maximum Gasteiger partial charge on any atom is 0.126 e. The van der Waals surface area contributed by atoms with E-state index >= 15 is 0 Å². The molecule has 90 valence electrons. The van der Waals surface area contributed by atoms with Crippen molar-refractivity contribution in [3.63, 3.8) is 0 Å². The molecule has 0 amide bonds. The molecule has 1 aromatic carbocycles. The average Bonchev–Trinajstić information content (AvgIpc) is 2.31. The van der Waals surface area contributed by atoms with Crippen LogP contribution in [0.3, 0.4) is 0 Å². The monoisotopic (exact) mass is 223 g/mol. The predicted molar refractivity (Wildman–Crippen MR) is 67.1 cm³/mol. The number of hydrogen-bond donors (Lipinski definition) is 1. The first kappa shape index (κ1) is 13.2. The molecule has 0 aliphatic heterocycles. The van der Waals surface area contributed by atoms with Gasteiger partial charge in [0, 0.05) is 6.04 Å². The zero-order chi connectivity index (χ0) is 11.8. The Morgan fingerprint density at radius 1 is 1.25 bits per heavy atom. The molecule has 1 N–H and O–H groups in total. The Morgan fingerprint density at radius 3 is 2.62 bits per heavy atom. The van der Waals surface area contributed by atoms with Gasteiger partial charge >= 0.3 is 0 Å². The lowest BCUT2D eigenvalue weighted by Gasteiger charge is -2.16. The van der Waals surface area contributed by atoms with Crippen molar-refractivity contribution in [3.8, 4) is 0 Å². The molecule has 16 heavy (non-hydrogen) atoms. The molecular weight excluding hydrogens is 201 g/mol. The van der Waals surface area contributed by atoms with Gasteiger partial charge in [0.05, 0.1) is 0 Å². The highest BCUT2D eigenvalue weighted by Gasteiger charge is 2.07. The van der Waals surface area contributed by atoms with Gasteiger partial charge < -0.3 is 5.32 Å². The fourth-order valence-electron chi connectivity index (χ4n) is 1.83. The molecule has 1 rings (SSSR count). The summed E-state index contributed by atoms with van der Waals surface area (Å²) in [5, 5.41) is 3.49. The van der Waals surface area contributed by atoms with E-state index in [4.69, 9.17) is 0 Å². The zero-order valence-corrected chi connectivity index (χ0v) is 10.3. The van der Waals surface area contributed by atoms with E-state index < -0.39 is 0 Å². The maximum absolute atomic E-state index is 13.4. The highest BCUT2D eigenvalue weighted by Crippen LogP contribution is 2.11. The van der Waals surface area contributed by atoms with E-state index in [-0.39, 0.29) is 5.82 Å². The van der Waals surface area contributed by atoms with Crippen LogP contribution in [-0.4, -0.2) is 12.6 Å². The normalized spacial score (nSPS) is 12.7. The molecule has 0 spiro atoms. The Kier molecular flexibility index (Phi) is 6.09. The molecule has 0 aliphatic rings. The summed E-state index contributed by atoms with van der Waals surface area (Å²) in [6.45, 7) is 5.39. The molecule has 1 aromatic rings. The lowest BCUT2D eigenvalue weighted by molar-refractivity contribution is 0.464. The summed E-state index contributed by atoms with van der Waals surface area (Å²) in [7, 11) is 0. The minimum atomic E-state index is -0.0761. The van der Waals surface area contributed by atoms with Crippen LogP contribution in [0.4, 0.5) is 4.39 Å². The number of halogens is 1. The van der Waals surface area contributed by atoms with Crippen LogP contribution >= 0.6 is 0 Å². The van der Waals surface area contributed by atoms with E-state index in [1.807, 2.05) is 12.1 Å². The van der Waals surface area contributed by atoms with E-state index in [2.05, 4.69) is 19.2 Å². The van der Waals surface area contributed by atoms with Crippen molar-refractivity contribution in [2.24, 2.45) is 0 Å². The molecule has 0 heterocycles. The molecule has 0 radical (unpaired) electrons. The SMILES string of the molecule is CCCNC(CC)CCc1ccccc1F. The molecule has 1 atom stereocenters. The van der Waals surface area contributed by atoms with Crippen molar-refractivity contribution in [1.82, 2.24) is 5.32 Å². The minimum Gasteiger partial charge on any atom is -0.314 e. The molecule has 0 saturated heterocycles. The third-order valence-electron chi connectivity index (χ3n) is 2.90. The first-order valence-electron chi connectivity index (χ1n) is 6.24. The number of nitrogens with one attached hydrogen (secondary N) is 1. The minimum absolute atomic E-state index is 0.0761. The van der Waals surface area contributed by atoms with Gasteiger partial charge in [0.25, 0.3) is 0 Å². The van der Waals surface area contributed by atoms with Gasteiger partial charge in [0.1, 0.15) is 5.82 Å². The predicted octanol–water partition coefficient (Wildman–Crippen LogP) is 3.54. The van der Waals surface area contributed by atoms with Crippen molar-refractivity contribution in [2.75, 3.05) is 6.54 Å². The summed E-state index contributed by atoms with van der Waals surface area (Å²) in [6, 6.07) is 7.57. The first-order chi connectivity index (χ1) is 7.77. The van der Waals surface area contributed by atoms with Crippen LogP contribution in [0.25, 0.3) is 0 Å². The van der Waals surface area contributed by atoms with Crippen LogP contribution in [0, 0.1) is 5.82 Å². The van der Waals surface area contributed by atoms with Crippen molar-refractivity contribution < 1.29 is 4.39 Å². The molecule has 1 unspecified atom stereocenters. The quantitative estimate of drug-likeness (QED) is 0.745. The number of benzene rings is 1. The number of hydrogen-bond acceptors (Lipinski definition) is 1. The topological polar surface area (TPSA) is 12.0 Å². The molecule has 0 aliphatic carbocycles. The molecule has 0 saturated carbocycles. The van der Waals surface area contributed by atoms with E-state index in [0.29, 0.717) is 6.04 Å². The van der Waals surface area contributed by atoms with Crippen LogP contribution in [-0.2, 0) is 6.42 Å². The zero-order valence-electron chi connectivity index (χ0n) is 10.3. The van der Waals surface area contributed by atoms with Crippen LogP contribution in [0.5, 0.6) is 0 Å². The highest BCUT2D eigenvalue weighted by molar-refractivity contribution is 5.17. The first-order valence-corrected chi connectivity index (χ1v) is 6.24. The van der Waals surface area contributed by atoms with Crippen molar-refractivity contribution in [3.05, 3.63) is 35.6 Å². The Balaban J connectivity index is 2.40. The number of rotatable bonds is 7. The lowest BCUT2D eigenvalue weighted by atomic mass is 10.0. The molecule has 0 bridgehead atoms. The smallest absolute Gasteiger partial charge is 0.126 e. The summed E-state index contributed by atoms with van der Waals surface area (Å²) in [5.74, 6) is -0.0761. The Bertz CT molecular complexity index is 299. The summed E-state index contributed by atoms with van der Waals surface area (Å²) in [4.78, 5) is 0. The standard InChI is InChI=1S/C14H22FN/c1-3-11-16-13(4-2)10-9-12-7-5-6-8-14(12)15/h5-8,13,16H,3-4,9-11H2,1-2H3. The third kappa shape index (κ3) is 4.31. The highest BCUT2D eigenvalue weighted by atomic mass is 19.1. The van der Waals surface area contributed by atoms with E-state index in [1.54, 1.807) is 6.07 Å². The summed E-state index contributed by atoms with van der Waals surface area (Å²) in [6.07, 6.45) is 4.09. The van der Waals surface area contributed by atoms with Gasteiger partial charge in [-0.1, -0.05) is 32.0 Å². The van der Waals surface area contributed by atoms with Crippen LogP contribution in [0.2, 0.25) is 0 Å². The second kappa shape index (κ2) is 7.39. The van der Waals surface area contributed by atoms with E-state index in [9.17, 15) is 4.39 Å². The third-order valence-corrected chi connectivity index (χ3v) is 2.90. The summed E-state index contributed by atoms with van der Waals surface area (Å²) in [5.41, 5.74) is 0.833. The maximum atomic E-state index is 13.4. The Hall–Kier alpha value is -0.890. The molecule has 0 fully saturated rings. The lowest BCUT2D eigenvalue weighted by Crippen LogP contribution is -2.29. The fraction of sp³-hybridized carbons (Fsp3) is 0.571. The summed E-state index contributed by atoms with van der Waals surface area (Å²) < 4.78 is 13.4. The van der Waals surface area contributed by atoms with Crippen molar-refractivity contribution in [1.29, 1.82) is 0 Å². The number of aryl methyl sites for hydroxylation is 1. The van der Waals surface area contributed by atoms with Gasteiger partial charge in [0.15, 0.2) is 0 Å². The molecule has 2 heteroatoms. The van der Waals surface area contributed by atoms with E-state index in [0.717, 1.165) is 37.8 Å². The van der Waals surface area contributed by atoms with Crippen LogP contribution in [0.1, 0.15) is 38.7 Å². The fourth-order valence-corrected chi connectivity index (χ4v) is 1.83. The van der Waals surface area contributed by atoms with Crippen molar-refractivity contribution in [2.45, 2.75) is 45.6 Å². The Labute approximate surface area is 98.1 Å². The Morgan fingerprint density at radius 2 is 2.00 bits per heavy atom. The van der Waals surface area contributed by atoms with Crippen LogP contribution < -0.4 is 5.32 Å². The molecule has 0 aromatic heterocycles. The molecule has 1 nitrogen and oxygen atoms in total. The van der Waals surface area contributed by atoms with Gasteiger partial charge in [-0.05, 0) is 43.9 Å². The van der Waals surface area contributed by atoms with Crippen molar-refractivity contribution >= 4 is 0 Å². The van der Waals surface area contributed by atoms with Gasteiger partial charge in [-0.15, -0.1) is 0 Å². The second-order valence-corrected chi connectivity index (χ2v) is 4.19. The summed E-state index contributed by atoms with van der Waals surface area (Å²) >= 11 is 0. The van der Waals surface area contributed by atoms with Gasteiger partial charge in [-0.3, -0.25) is 0 Å². The van der Waals surface area contributed by atoms with Gasteiger partial charge in [-0.2, -0.15) is 0 Å². The van der Waals surface area contributed by atoms with Gasteiger partial charge in [-0.25, -0.2) is 4.39 Å². The van der Waals surface area contributed by atoms with Crippen LogP contribution in [0.15, 0.2) is 24.3 Å². The van der Waals surface area contributed by atoms with Gasteiger partial charge in [0.2, 0.25) is 0 Å².